The van der Waals surface area contributed by atoms with Gasteiger partial charge in [-0.05, 0) is 12.5 Å². The summed E-state index contributed by atoms with van der Waals surface area (Å²) in [6, 6.07) is 0. The molecular weight excluding hydrogens is 112 g/mol. The minimum Gasteiger partial charge on any atom is -0.293 e. The fourth-order valence-electron chi connectivity index (χ4n) is 0.524. The van der Waals surface area contributed by atoms with Crippen LogP contribution in [-0.4, -0.2) is 11.2 Å². The summed E-state index contributed by atoms with van der Waals surface area (Å²) in [6.45, 7) is 0. The van der Waals surface area contributed by atoms with Crippen LogP contribution in [0.15, 0.2) is 12.2 Å². The van der Waals surface area contributed by atoms with Crippen LogP contribution in [0.4, 0.5) is 0 Å². The molecular formula is C5H5ClO. The maximum atomic E-state index is 10.4. The van der Waals surface area contributed by atoms with E-state index < -0.39 is 0 Å². The van der Waals surface area contributed by atoms with Gasteiger partial charge in [-0.15, -0.1) is 11.6 Å². The summed E-state index contributed by atoms with van der Waals surface area (Å²) in [5, 5.41) is -0.264. The molecule has 1 aliphatic carbocycles. The normalized spacial score (nSPS) is 29.3. The average molecular weight is 117 g/mol. The summed E-state index contributed by atoms with van der Waals surface area (Å²) in [7, 11) is 0. The van der Waals surface area contributed by atoms with E-state index in [1.807, 2.05) is 0 Å². The van der Waals surface area contributed by atoms with Gasteiger partial charge in [0.15, 0.2) is 5.78 Å². The Morgan fingerprint density at radius 3 is 2.71 bits per heavy atom. The van der Waals surface area contributed by atoms with Gasteiger partial charge in [0.2, 0.25) is 0 Å². The van der Waals surface area contributed by atoms with Crippen molar-refractivity contribution < 1.29 is 4.79 Å². The van der Waals surface area contributed by atoms with Crippen molar-refractivity contribution in [3.8, 4) is 0 Å². The second kappa shape index (κ2) is 1.66. The Labute approximate surface area is 47.0 Å². The smallest absolute Gasteiger partial charge is 0.173 e. The minimum atomic E-state index is -0.264. The lowest BCUT2D eigenvalue weighted by atomic mass is 10.3. The first-order valence-corrected chi connectivity index (χ1v) is 2.59. The SMILES string of the molecule is O=C1C=CCC1Cl. The van der Waals surface area contributed by atoms with Crippen LogP contribution in [-0.2, 0) is 4.79 Å². The number of alkyl halides is 1. The summed E-state index contributed by atoms with van der Waals surface area (Å²) in [4.78, 5) is 10.4. The third-order valence-electron chi connectivity index (χ3n) is 0.934. The van der Waals surface area contributed by atoms with Gasteiger partial charge in [-0.25, -0.2) is 0 Å². The van der Waals surface area contributed by atoms with Gasteiger partial charge in [0.1, 0.15) is 0 Å². The van der Waals surface area contributed by atoms with Crippen LogP contribution in [0, 0.1) is 0 Å². The van der Waals surface area contributed by atoms with Crippen LogP contribution in [0.2, 0.25) is 0 Å². The molecule has 0 bridgehead atoms. The van der Waals surface area contributed by atoms with Gasteiger partial charge >= 0.3 is 0 Å². The standard InChI is InChI=1S/C5H5ClO/c6-4-2-1-3-5(4)7/h1,3-4H,2H2. The van der Waals surface area contributed by atoms with Crippen LogP contribution in [0.1, 0.15) is 6.42 Å². The number of ketones is 1. The number of carbonyl (C=O) groups excluding carboxylic acids is 1. The van der Waals surface area contributed by atoms with E-state index in [9.17, 15) is 4.79 Å². The molecule has 0 fully saturated rings. The third-order valence-corrected chi connectivity index (χ3v) is 1.33. The van der Waals surface area contributed by atoms with Crippen LogP contribution in [0.3, 0.4) is 0 Å². The van der Waals surface area contributed by atoms with E-state index in [4.69, 9.17) is 11.6 Å². The zero-order valence-electron chi connectivity index (χ0n) is 3.73. The number of halogens is 1. The molecule has 1 atom stereocenters. The summed E-state index contributed by atoms with van der Waals surface area (Å²) in [6.07, 6.45) is 4.03. The maximum Gasteiger partial charge on any atom is 0.173 e. The molecule has 0 saturated carbocycles. The minimum absolute atomic E-state index is 0.0432. The molecule has 2 heteroatoms. The average Bonchev–Trinajstić information content (AvgIpc) is 1.91. The first kappa shape index (κ1) is 4.85. The first-order chi connectivity index (χ1) is 3.30. The van der Waals surface area contributed by atoms with E-state index in [2.05, 4.69) is 0 Å². The Kier molecular flexibility index (Phi) is 1.15. The number of carbonyl (C=O) groups is 1. The molecule has 0 radical (unpaired) electrons. The highest BCUT2D eigenvalue weighted by molar-refractivity contribution is 6.33. The van der Waals surface area contributed by atoms with Crippen LogP contribution in [0.5, 0.6) is 0 Å². The van der Waals surface area contributed by atoms with Gasteiger partial charge < -0.3 is 0 Å². The summed E-state index contributed by atoms with van der Waals surface area (Å²) >= 11 is 5.45. The van der Waals surface area contributed by atoms with Gasteiger partial charge in [0.25, 0.3) is 0 Å². The van der Waals surface area contributed by atoms with Gasteiger partial charge in [-0.3, -0.25) is 4.79 Å². The first-order valence-electron chi connectivity index (χ1n) is 2.15. The monoisotopic (exact) mass is 116 g/mol. The van der Waals surface area contributed by atoms with E-state index in [0.717, 1.165) is 0 Å². The third kappa shape index (κ3) is 0.829. The highest BCUT2D eigenvalue weighted by Gasteiger charge is 2.14. The van der Waals surface area contributed by atoms with Crippen molar-refractivity contribution in [1.29, 1.82) is 0 Å². The Hall–Kier alpha value is -0.300. The van der Waals surface area contributed by atoms with Gasteiger partial charge in [0.05, 0.1) is 5.38 Å². The largest absolute Gasteiger partial charge is 0.293 e. The van der Waals surface area contributed by atoms with Crippen molar-refractivity contribution in [2.75, 3.05) is 0 Å². The molecule has 1 nitrogen and oxygen atoms in total. The number of allylic oxidation sites excluding steroid dienone is 2. The highest BCUT2D eigenvalue weighted by atomic mass is 35.5. The Morgan fingerprint density at radius 1 is 1.86 bits per heavy atom. The maximum absolute atomic E-state index is 10.4. The molecule has 0 aromatic heterocycles. The lowest BCUT2D eigenvalue weighted by molar-refractivity contribution is -0.113. The van der Waals surface area contributed by atoms with Crippen molar-refractivity contribution >= 4 is 17.4 Å². The Balaban J connectivity index is 2.62. The molecule has 1 unspecified atom stereocenters. The molecule has 7 heavy (non-hydrogen) atoms. The number of hydrogen-bond donors (Lipinski definition) is 0. The van der Waals surface area contributed by atoms with Gasteiger partial charge in [-0.2, -0.15) is 0 Å². The van der Waals surface area contributed by atoms with Crippen molar-refractivity contribution in [2.24, 2.45) is 0 Å². The summed E-state index contributed by atoms with van der Waals surface area (Å²) in [5.41, 5.74) is 0. The molecule has 0 aromatic rings. The predicted molar refractivity (Wildman–Crippen MR) is 28.4 cm³/mol. The molecule has 1 aliphatic rings. The topological polar surface area (TPSA) is 17.1 Å². The summed E-state index contributed by atoms with van der Waals surface area (Å²) in [5.74, 6) is 0.0432. The second-order valence-corrected chi connectivity index (χ2v) is 2.03. The molecule has 0 heterocycles. The van der Waals surface area contributed by atoms with Crippen LogP contribution in [0.25, 0.3) is 0 Å². The van der Waals surface area contributed by atoms with E-state index in [1.54, 1.807) is 6.08 Å². The van der Waals surface area contributed by atoms with Crippen molar-refractivity contribution in [1.82, 2.24) is 0 Å². The molecule has 0 aromatic carbocycles. The van der Waals surface area contributed by atoms with Crippen molar-refractivity contribution in [2.45, 2.75) is 11.8 Å². The molecule has 0 aliphatic heterocycles. The van der Waals surface area contributed by atoms with E-state index in [0.29, 0.717) is 6.42 Å². The van der Waals surface area contributed by atoms with E-state index in [1.165, 1.54) is 6.08 Å². The van der Waals surface area contributed by atoms with Crippen LogP contribution < -0.4 is 0 Å². The Morgan fingerprint density at radius 2 is 2.57 bits per heavy atom. The van der Waals surface area contributed by atoms with Crippen molar-refractivity contribution in [3.63, 3.8) is 0 Å². The predicted octanol–water partition coefficient (Wildman–Crippen LogP) is 1.12. The number of rotatable bonds is 0. The molecule has 0 amide bonds. The molecule has 0 N–H and O–H groups in total. The van der Waals surface area contributed by atoms with E-state index >= 15 is 0 Å². The lowest BCUT2D eigenvalue weighted by Crippen LogP contribution is -2.03. The molecule has 38 valence electrons. The van der Waals surface area contributed by atoms with Crippen LogP contribution >= 0.6 is 11.6 Å². The highest BCUT2D eigenvalue weighted by Crippen LogP contribution is 2.11. The lowest BCUT2D eigenvalue weighted by Gasteiger charge is -1.88. The molecule has 0 spiro atoms. The zero-order valence-corrected chi connectivity index (χ0v) is 4.48. The van der Waals surface area contributed by atoms with Gasteiger partial charge in [0, 0.05) is 0 Å². The van der Waals surface area contributed by atoms with Gasteiger partial charge in [-0.1, -0.05) is 6.08 Å². The summed E-state index contributed by atoms with van der Waals surface area (Å²) < 4.78 is 0. The molecule has 1 rings (SSSR count). The quantitative estimate of drug-likeness (QED) is 0.434. The zero-order chi connectivity index (χ0) is 5.28. The fraction of sp³-hybridized carbons (Fsp3) is 0.400. The van der Waals surface area contributed by atoms with E-state index in [-0.39, 0.29) is 11.2 Å². The van der Waals surface area contributed by atoms with Crippen molar-refractivity contribution in [3.05, 3.63) is 12.2 Å². The Bertz CT molecular complexity index is 117. The second-order valence-electron chi connectivity index (χ2n) is 1.51. The molecule has 0 saturated heterocycles. The fourth-order valence-corrected chi connectivity index (χ4v) is 0.700. The number of hydrogen-bond acceptors (Lipinski definition) is 1.